The zero-order valence-corrected chi connectivity index (χ0v) is 16.1. The Hall–Kier alpha value is -3.48. The first-order valence-corrected chi connectivity index (χ1v) is 8.84. The molecule has 0 aliphatic heterocycles. The molecule has 2 N–H and O–H groups in total. The molecule has 146 valence electrons. The topological polar surface area (TPSA) is 85.5 Å². The predicted octanol–water partition coefficient (Wildman–Crippen LogP) is 3.08. The quantitative estimate of drug-likeness (QED) is 0.626. The lowest BCUT2D eigenvalue weighted by Crippen LogP contribution is -2.26. The minimum Gasteiger partial charge on any atom is -0.496 e. The smallest absolute Gasteiger partial charge is 0.269 e. The molecule has 0 atom stereocenters. The van der Waals surface area contributed by atoms with Crippen LogP contribution in [-0.2, 0) is 6.42 Å². The molecule has 7 heteroatoms. The van der Waals surface area contributed by atoms with Crippen LogP contribution in [0.5, 0.6) is 17.2 Å². The maximum atomic E-state index is 12.4. The molecule has 0 saturated carbocycles. The molecule has 7 nitrogen and oxygen atoms in total. The fourth-order valence-corrected chi connectivity index (χ4v) is 2.88. The number of carbonyl (C=O) groups excluding carboxylic acids is 1. The summed E-state index contributed by atoms with van der Waals surface area (Å²) in [5.74, 6) is 1.83. The summed E-state index contributed by atoms with van der Waals surface area (Å²) >= 11 is 0. The molecule has 1 aromatic heterocycles. The third kappa shape index (κ3) is 4.25. The van der Waals surface area contributed by atoms with Gasteiger partial charge in [-0.1, -0.05) is 18.2 Å². The highest BCUT2D eigenvalue weighted by Crippen LogP contribution is 2.29. The Morgan fingerprint density at radius 1 is 0.964 bits per heavy atom. The number of ether oxygens (including phenoxy) is 3. The van der Waals surface area contributed by atoms with Crippen LogP contribution in [-0.4, -0.2) is 44.0 Å². The van der Waals surface area contributed by atoms with Crippen LogP contribution in [0, 0.1) is 0 Å². The maximum Gasteiger partial charge on any atom is 0.269 e. The van der Waals surface area contributed by atoms with E-state index in [1.807, 2.05) is 42.5 Å². The summed E-state index contributed by atoms with van der Waals surface area (Å²) in [6.45, 7) is 0.483. The van der Waals surface area contributed by atoms with E-state index in [9.17, 15) is 4.79 Å². The summed E-state index contributed by atoms with van der Waals surface area (Å²) in [7, 11) is 4.80. The number of hydrogen-bond acceptors (Lipinski definition) is 5. The van der Waals surface area contributed by atoms with Crippen molar-refractivity contribution in [1.82, 2.24) is 15.5 Å². The van der Waals surface area contributed by atoms with Crippen molar-refractivity contribution in [2.75, 3.05) is 27.9 Å². The van der Waals surface area contributed by atoms with Gasteiger partial charge in [0, 0.05) is 12.1 Å². The Morgan fingerprint density at radius 2 is 1.71 bits per heavy atom. The number of rotatable bonds is 8. The molecule has 3 rings (SSSR count). The lowest BCUT2D eigenvalue weighted by Gasteiger charge is -2.10. The van der Waals surface area contributed by atoms with E-state index in [-0.39, 0.29) is 5.91 Å². The maximum absolute atomic E-state index is 12.4. The number of aromatic nitrogens is 2. The molecule has 0 aliphatic rings. The molecule has 0 aliphatic carbocycles. The summed E-state index contributed by atoms with van der Waals surface area (Å²) in [6.07, 6.45) is 0.666. The summed E-state index contributed by atoms with van der Waals surface area (Å²) in [4.78, 5) is 12.4. The van der Waals surface area contributed by atoms with Crippen LogP contribution >= 0.6 is 0 Å². The van der Waals surface area contributed by atoms with E-state index in [0.29, 0.717) is 41.6 Å². The van der Waals surface area contributed by atoms with Crippen molar-refractivity contribution < 1.29 is 19.0 Å². The van der Waals surface area contributed by atoms with Crippen LogP contribution in [0.2, 0.25) is 0 Å². The number of para-hydroxylation sites is 1. The third-order valence-corrected chi connectivity index (χ3v) is 4.35. The Balaban J connectivity index is 1.61. The van der Waals surface area contributed by atoms with Crippen LogP contribution < -0.4 is 19.5 Å². The number of methoxy groups -OCH3 is 3. The highest BCUT2D eigenvalue weighted by molar-refractivity contribution is 5.93. The lowest BCUT2D eigenvalue weighted by molar-refractivity contribution is 0.0949. The highest BCUT2D eigenvalue weighted by Gasteiger charge is 2.13. The first kappa shape index (κ1) is 19.3. The first-order chi connectivity index (χ1) is 13.7. The number of nitrogens with one attached hydrogen (secondary N) is 2. The second-order valence-corrected chi connectivity index (χ2v) is 6.06. The summed E-state index contributed by atoms with van der Waals surface area (Å²) < 4.78 is 15.9. The van der Waals surface area contributed by atoms with E-state index in [2.05, 4.69) is 15.5 Å². The van der Waals surface area contributed by atoms with Crippen LogP contribution in [0.25, 0.3) is 11.3 Å². The predicted molar refractivity (Wildman–Crippen MR) is 106 cm³/mol. The van der Waals surface area contributed by atoms with Crippen molar-refractivity contribution in [3.63, 3.8) is 0 Å². The molecular formula is C21H23N3O4. The lowest BCUT2D eigenvalue weighted by atomic mass is 10.1. The minimum absolute atomic E-state index is 0.214. The molecule has 28 heavy (non-hydrogen) atoms. The normalized spacial score (nSPS) is 10.4. The van der Waals surface area contributed by atoms with Gasteiger partial charge in [-0.15, -0.1) is 0 Å². The number of nitrogens with zero attached hydrogens (tertiary/aromatic N) is 1. The first-order valence-electron chi connectivity index (χ1n) is 8.84. The molecule has 0 fully saturated rings. The average Bonchev–Trinajstić information content (AvgIpc) is 3.23. The number of aromatic amines is 1. The van der Waals surface area contributed by atoms with Crippen molar-refractivity contribution in [2.45, 2.75) is 6.42 Å². The average molecular weight is 381 g/mol. The summed E-state index contributed by atoms with van der Waals surface area (Å²) in [5.41, 5.74) is 2.92. The number of hydrogen-bond donors (Lipinski definition) is 2. The molecule has 1 heterocycles. The van der Waals surface area contributed by atoms with Gasteiger partial charge in [0.2, 0.25) is 0 Å². The molecule has 0 bridgehead atoms. The Kier molecular flexibility index (Phi) is 6.16. The fraction of sp³-hybridized carbons (Fsp3) is 0.238. The van der Waals surface area contributed by atoms with E-state index in [1.165, 1.54) is 0 Å². The van der Waals surface area contributed by atoms with Crippen molar-refractivity contribution in [1.29, 1.82) is 0 Å². The van der Waals surface area contributed by atoms with Gasteiger partial charge in [0.05, 0.1) is 27.0 Å². The van der Waals surface area contributed by atoms with Crippen LogP contribution in [0.3, 0.4) is 0 Å². The second-order valence-electron chi connectivity index (χ2n) is 6.06. The third-order valence-electron chi connectivity index (χ3n) is 4.35. The van der Waals surface area contributed by atoms with Crippen LogP contribution in [0.1, 0.15) is 16.1 Å². The number of amides is 1. The zero-order valence-electron chi connectivity index (χ0n) is 16.1. The van der Waals surface area contributed by atoms with Gasteiger partial charge >= 0.3 is 0 Å². The molecule has 2 aromatic carbocycles. The van der Waals surface area contributed by atoms with Gasteiger partial charge < -0.3 is 19.5 Å². The van der Waals surface area contributed by atoms with E-state index < -0.39 is 0 Å². The molecule has 0 radical (unpaired) electrons. The van der Waals surface area contributed by atoms with Gasteiger partial charge in [0.25, 0.3) is 5.91 Å². The van der Waals surface area contributed by atoms with Crippen molar-refractivity contribution in [3.05, 3.63) is 59.8 Å². The van der Waals surface area contributed by atoms with E-state index in [4.69, 9.17) is 14.2 Å². The minimum atomic E-state index is -0.214. The number of carbonyl (C=O) groups is 1. The van der Waals surface area contributed by atoms with Crippen molar-refractivity contribution >= 4 is 5.91 Å². The van der Waals surface area contributed by atoms with Crippen molar-refractivity contribution in [3.8, 4) is 28.5 Å². The van der Waals surface area contributed by atoms with Gasteiger partial charge in [-0.3, -0.25) is 9.89 Å². The molecule has 1 amide bonds. The standard InChI is InChI=1S/C21H23N3O4/c1-26-18-7-5-4-6-15(18)16-13-17(24-23-16)21(25)22-11-10-14-8-9-19(27-2)20(12-14)28-3/h4-9,12-13H,10-11H2,1-3H3,(H,22,25)(H,23,24). The van der Waals surface area contributed by atoms with E-state index >= 15 is 0 Å². The summed E-state index contributed by atoms with van der Waals surface area (Å²) in [6, 6.07) is 14.9. The Bertz CT molecular complexity index is 952. The Labute approximate surface area is 163 Å². The number of H-pyrrole nitrogens is 1. The van der Waals surface area contributed by atoms with Gasteiger partial charge in [0.1, 0.15) is 11.4 Å². The molecular weight excluding hydrogens is 358 g/mol. The molecule has 0 unspecified atom stereocenters. The van der Waals surface area contributed by atoms with Gasteiger partial charge in [-0.05, 0) is 42.3 Å². The van der Waals surface area contributed by atoms with E-state index in [0.717, 1.165) is 11.1 Å². The van der Waals surface area contributed by atoms with Gasteiger partial charge in [-0.25, -0.2) is 0 Å². The van der Waals surface area contributed by atoms with Gasteiger partial charge in [-0.2, -0.15) is 5.10 Å². The number of benzene rings is 2. The monoisotopic (exact) mass is 381 g/mol. The van der Waals surface area contributed by atoms with Crippen LogP contribution in [0.15, 0.2) is 48.5 Å². The zero-order chi connectivity index (χ0) is 19.9. The molecule has 0 saturated heterocycles. The second kappa shape index (κ2) is 8.94. The van der Waals surface area contributed by atoms with Crippen LogP contribution in [0.4, 0.5) is 0 Å². The highest BCUT2D eigenvalue weighted by atomic mass is 16.5. The largest absolute Gasteiger partial charge is 0.496 e. The van der Waals surface area contributed by atoms with Crippen molar-refractivity contribution in [2.24, 2.45) is 0 Å². The Morgan fingerprint density at radius 3 is 2.46 bits per heavy atom. The fourth-order valence-electron chi connectivity index (χ4n) is 2.88. The van der Waals surface area contributed by atoms with E-state index in [1.54, 1.807) is 27.4 Å². The SMILES string of the molecule is COc1ccc(CCNC(=O)c2cc(-c3ccccc3OC)n[nH]2)cc1OC. The molecule has 0 spiro atoms. The van der Waals surface area contributed by atoms with Gasteiger partial charge in [0.15, 0.2) is 11.5 Å². The summed E-state index contributed by atoms with van der Waals surface area (Å²) in [5, 5.41) is 9.90. The molecule has 3 aromatic rings.